The van der Waals surface area contributed by atoms with E-state index in [0.717, 1.165) is 19.3 Å². The molecular formula is C19H20ClFN2O3S. The number of carbonyl (C=O) groups excluding carboxylic acids is 1. The van der Waals surface area contributed by atoms with Gasteiger partial charge in [0.05, 0.1) is 15.5 Å². The highest BCUT2D eigenvalue weighted by atomic mass is 35.5. The van der Waals surface area contributed by atoms with Crippen molar-refractivity contribution in [2.45, 2.75) is 30.7 Å². The summed E-state index contributed by atoms with van der Waals surface area (Å²) in [4.78, 5) is 12.5. The molecule has 3 rings (SSSR count). The number of nitrogens with one attached hydrogen (secondary N) is 1. The van der Waals surface area contributed by atoms with Crippen molar-refractivity contribution in [1.82, 2.24) is 9.62 Å². The highest BCUT2D eigenvalue weighted by Crippen LogP contribution is 2.25. The smallest absolute Gasteiger partial charge is 0.253 e. The van der Waals surface area contributed by atoms with Crippen LogP contribution in [0.2, 0.25) is 5.02 Å². The highest BCUT2D eigenvalue weighted by molar-refractivity contribution is 7.89. The maximum Gasteiger partial charge on any atom is 0.253 e. The minimum Gasteiger partial charge on any atom is -0.348 e. The number of amides is 1. The zero-order chi connectivity index (χ0) is 19.4. The van der Waals surface area contributed by atoms with E-state index in [2.05, 4.69) is 5.32 Å². The third-order valence-electron chi connectivity index (χ3n) is 4.48. The van der Waals surface area contributed by atoms with Gasteiger partial charge < -0.3 is 5.32 Å². The number of halogens is 2. The van der Waals surface area contributed by atoms with Gasteiger partial charge in [0.2, 0.25) is 10.0 Å². The summed E-state index contributed by atoms with van der Waals surface area (Å²) in [6.07, 6.45) is 2.67. The van der Waals surface area contributed by atoms with Crippen LogP contribution >= 0.6 is 11.6 Å². The summed E-state index contributed by atoms with van der Waals surface area (Å²) in [7, 11) is -3.66. The molecular weight excluding hydrogens is 391 g/mol. The second-order valence-corrected chi connectivity index (χ2v) is 8.76. The molecule has 1 saturated heterocycles. The first kappa shape index (κ1) is 19.8. The Bertz CT molecular complexity index is 944. The molecule has 2 aromatic carbocycles. The SMILES string of the molecule is O=C(NCc1cccc(F)c1)c1cc(S(=O)(=O)N2CCCCC2)ccc1Cl. The van der Waals surface area contributed by atoms with Crippen LogP contribution in [-0.4, -0.2) is 31.7 Å². The first-order valence-electron chi connectivity index (χ1n) is 8.70. The van der Waals surface area contributed by atoms with Crippen LogP contribution in [0.25, 0.3) is 0 Å². The number of sulfonamides is 1. The average molecular weight is 411 g/mol. The Balaban J connectivity index is 1.79. The Kier molecular flexibility index (Phi) is 6.14. The van der Waals surface area contributed by atoms with Crippen molar-refractivity contribution in [3.05, 3.63) is 64.4 Å². The van der Waals surface area contributed by atoms with Crippen LogP contribution in [0.15, 0.2) is 47.4 Å². The molecule has 0 radical (unpaired) electrons. The second kappa shape index (κ2) is 8.37. The van der Waals surface area contributed by atoms with E-state index in [4.69, 9.17) is 11.6 Å². The van der Waals surface area contributed by atoms with Gasteiger partial charge in [-0.15, -0.1) is 0 Å². The summed E-state index contributed by atoms with van der Waals surface area (Å²) < 4.78 is 40.3. The molecule has 1 heterocycles. The summed E-state index contributed by atoms with van der Waals surface area (Å²) >= 11 is 6.10. The Hall–Kier alpha value is -1.96. The Morgan fingerprint density at radius 2 is 1.85 bits per heavy atom. The van der Waals surface area contributed by atoms with Crippen molar-refractivity contribution in [1.29, 1.82) is 0 Å². The van der Waals surface area contributed by atoms with Gasteiger partial charge in [-0.2, -0.15) is 4.31 Å². The Labute approximate surface area is 163 Å². The number of rotatable bonds is 5. The summed E-state index contributed by atoms with van der Waals surface area (Å²) in [5, 5.41) is 2.80. The molecule has 0 spiro atoms. The van der Waals surface area contributed by atoms with Crippen molar-refractivity contribution in [2.24, 2.45) is 0 Å². The zero-order valence-electron chi connectivity index (χ0n) is 14.6. The van der Waals surface area contributed by atoms with E-state index in [-0.39, 0.29) is 22.0 Å². The molecule has 27 heavy (non-hydrogen) atoms. The molecule has 1 N–H and O–H groups in total. The molecule has 0 unspecified atom stereocenters. The van der Waals surface area contributed by atoms with Crippen molar-refractivity contribution >= 4 is 27.5 Å². The van der Waals surface area contributed by atoms with E-state index >= 15 is 0 Å². The van der Waals surface area contributed by atoms with E-state index in [1.165, 1.54) is 34.6 Å². The monoisotopic (exact) mass is 410 g/mol. The van der Waals surface area contributed by atoms with Gasteiger partial charge in [0.15, 0.2) is 0 Å². The first-order valence-corrected chi connectivity index (χ1v) is 10.5. The minimum atomic E-state index is -3.66. The molecule has 1 fully saturated rings. The molecule has 1 aliphatic rings. The van der Waals surface area contributed by atoms with Gasteiger partial charge in [0, 0.05) is 19.6 Å². The topological polar surface area (TPSA) is 66.5 Å². The van der Waals surface area contributed by atoms with Crippen LogP contribution in [0.1, 0.15) is 35.2 Å². The van der Waals surface area contributed by atoms with Gasteiger partial charge in [-0.05, 0) is 48.7 Å². The van der Waals surface area contributed by atoms with Gasteiger partial charge in [0.25, 0.3) is 5.91 Å². The van der Waals surface area contributed by atoms with Crippen molar-refractivity contribution < 1.29 is 17.6 Å². The van der Waals surface area contributed by atoms with Crippen LogP contribution in [-0.2, 0) is 16.6 Å². The predicted molar refractivity (Wildman–Crippen MR) is 102 cm³/mol. The van der Waals surface area contributed by atoms with Gasteiger partial charge >= 0.3 is 0 Å². The molecule has 0 aromatic heterocycles. The quantitative estimate of drug-likeness (QED) is 0.819. The van der Waals surface area contributed by atoms with Crippen molar-refractivity contribution in [2.75, 3.05) is 13.1 Å². The highest BCUT2D eigenvalue weighted by Gasteiger charge is 2.27. The summed E-state index contributed by atoms with van der Waals surface area (Å²) in [6, 6.07) is 9.99. The van der Waals surface area contributed by atoms with Gasteiger partial charge in [-0.1, -0.05) is 30.2 Å². The fourth-order valence-corrected chi connectivity index (χ4v) is 4.76. The standard InChI is InChI=1S/C19H20ClFN2O3S/c20-18-8-7-16(27(25,26)23-9-2-1-3-10-23)12-17(18)19(24)22-13-14-5-4-6-15(21)11-14/h4-8,11-12H,1-3,9-10,13H2,(H,22,24). The predicted octanol–water partition coefficient (Wildman–Crippen LogP) is 3.58. The van der Waals surface area contributed by atoms with Gasteiger partial charge in [0.1, 0.15) is 5.82 Å². The molecule has 1 aliphatic heterocycles. The van der Waals surface area contributed by atoms with E-state index in [9.17, 15) is 17.6 Å². The van der Waals surface area contributed by atoms with Crippen molar-refractivity contribution in [3.8, 4) is 0 Å². The number of benzene rings is 2. The largest absolute Gasteiger partial charge is 0.348 e. The lowest BCUT2D eigenvalue weighted by Gasteiger charge is -2.26. The van der Waals surface area contributed by atoms with E-state index < -0.39 is 21.7 Å². The lowest BCUT2D eigenvalue weighted by Crippen LogP contribution is -2.35. The minimum absolute atomic E-state index is 0.0460. The van der Waals surface area contributed by atoms with E-state index in [1.807, 2.05) is 0 Å². The number of hydrogen-bond donors (Lipinski definition) is 1. The maximum absolute atomic E-state index is 13.2. The van der Waals surface area contributed by atoms with Crippen LogP contribution in [0, 0.1) is 5.82 Å². The molecule has 8 heteroatoms. The zero-order valence-corrected chi connectivity index (χ0v) is 16.2. The Morgan fingerprint density at radius 1 is 1.11 bits per heavy atom. The second-order valence-electron chi connectivity index (χ2n) is 6.42. The third kappa shape index (κ3) is 4.66. The molecule has 5 nitrogen and oxygen atoms in total. The van der Waals surface area contributed by atoms with Crippen LogP contribution in [0.3, 0.4) is 0 Å². The number of nitrogens with zero attached hydrogens (tertiary/aromatic N) is 1. The number of carbonyl (C=O) groups is 1. The molecule has 0 saturated carbocycles. The van der Waals surface area contributed by atoms with E-state index in [1.54, 1.807) is 12.1 Å². The summed E-state index contributed by atoms with van der Waals surface area (Å²) in [6.45, 7) is 1.06. The third-order valence-corrected chi connectivity index (χ3v) is 6.70. The summed E-state index contributed by atoms with van der Waals surface area (Å²) in [5.41, 5.74) is 0.669. The average Bonchev–Trinajstić information content (AvgIpc) is 2.67. The van der Waals surface area contributed by atoms with Gasteiger partial charge in [-0.3, -0.25) is 4.79 Å². The molecule has 2 aromatic rings. The normalized spacial score (nSPS) is 15.5. The molecule has 0 bridgehead atoms. The lowest BCUT2D eigenvalue weighted by atomic mass is 10.2. The van der Waals surface area contributed by atoms with Crippen LogP contribution in [0.4, 0.5) is 4.39 Å². The molecule has 1 amide bonds. The first-order chi connectivity index (χ1) is 12.9. The molecule has 144 valence electrons. The van der Waals surface area contributed by atoms with Crippen LogP contribution in [0.5, 0.6) is 0 Å². The fourth-order valence-electron chi connectivity index (χ4n) is 3.02. The Morgan fingerprint density at radius 3 is 2.56 bits per heavy atom. The fraction of sp³-hybridized carbons (Fsp3) is 0.316. The number of piperidine rings is 1. The summed E-state index contributed by atoms with van der Waals surface area (Å²) in [5.74, 6) is -0.908. The van der Waals surface area contributed by atoms with E-state index in [0.29, 0.717) is 18.7 Å². The molecule has 0 aliphatic carbocycles. The number of hydrogen-bond acceptors (Lipinski definition) is 3. The van der Waals surface area contributed by atoms with Crippen LogP contribution < -0.4 is 5.32 Å². The maximum atomic E-state index is 13.2. The molecule has 0 atom stereocenters. The lowest BCUT2D eigenvalue weighted by molar-refractivity contribution is 0.0951. The van der Waals surface area contributed by atoms with Gasteiger partial charge in [-0.25, -0.2) is 12.8 Å². The van der Waals surface area contributed by atoms with Crippen molar-refractivity contribution in [3.63, 3.8) is 0 Å².